The summed E-state index contributed by atoms with van der Waals surface area (Å²) in [6.45, 7) is 3.13. The lowest BCUT2D eigenvalue weighted by Crippen LogP contribution is -2.16. The fourth-order valence-electron chi connectivity index (χ4n) is 2.45. The molecule has 1 heterocycles. The van der Waals surface area contributed by atoms with Crippen molar-refractivity contribution in [3.05, 3.63) is 17.0 Å². The summed E-state index contributed by atoms with van der Waals surface area (Å²) in [7, 11) is 0. The minimum atomic E-state index is 0.627. The van der Waals surface area contributed by atoms with E-state index in [4.69, 9.17) is 4.52 Å². The summed E-state index contributed by atoms with van der Waals surface area (Å²) >= 11 is 0. The molecule has 1 unspecified atom stereocenters. The molecule has 1 N–H and O–H groups in total. The van der Waals surface area contributed by atoms with Gasteiger partial charge in [-0.05, 0) is 32.1 Å². The van der Waals surface area contributed by atoms with Crippen LogP contribution in [0.5, 0.6) is 0 Å². The Labute approximate surface area is 90.2 Å². The summed E-state index contributed by atoms with van der Waals surface area (Å²) in [5.74, 6) is 1.80. The van der Waals surface area contributed by atoms with Crippen molar-refractivity contribution in [2.75, 3.05) is 0 Å². The molecular formula is C12H18N2O. The van der Waals surface area contributed by atoms with Crippen molar-refractivity contribution in [2.24, 2.45) is 0 Å². The van der Waals surface area contributed by atoms with Crippen molar-refractivity contribution in [3.8, 4) is 0 Å². The highest BCUT2D eigenvalue weighted by atomic mass is 16.5. The van der Waals surface area contributed by atoms with Crippen LogP contribution in [0.25, 0.3) is 0 Å². The summed E-state index contributed by atoms with van der Waals surface area (Å²) in [5.41, 5.74) is 2.56. The lowest BCUT2D eigenvalue weighted by Gasteiger charge is -2.00. The summed E-state index contributed by atoms with van der Waals surface area (Å²) < 4.78 is 5.47. The van der Waals surface area contributed by atoms with Crippen LogP contribution in [0.15, 0.2) is 4.52 Å². The van der Waals surface area contributed by atoms with E-state index in [0.717, 1.165) is 18.3 Å². The Hall–Kier alpha value is -0.830. The second kappa shape index (κ2) is 3.63. The number of nitrogens with one attached hydrogen (secondary N) is 1. The van der Waals surface area contributed by atoms with Gasteiger partial charge in [0.15, 0.2) is 0 Å². The van der Waals surface area contributed by atoms with Gasteiger partial charge >= 0.3 is 0 Å². The van der Waals surface area contributed by atoms with E-state index in [2.05, 4.69) is 17.4 Å². The van der Waals surface area contributed by atoms with Crippen molar-refractivity contribution >= 4 is 0 Å². The number of nitrogens with zero attached hydrogens (tertiary/aromatic N) is 1. The number of hydrogen-bond donors (Lipinski definition) is 1. The van der Waals surface area contributed by atoms with Crippen molar-refractivity contribution in [3.63, 3.8) is 0 Å². The first kappa shape index (κ1) is 9.40. The van der Waals surface area contributed by atoms with E-state index in [-0.39, 0.29) is 0 Å². The van der Waals surface area contributed by atoms with Gasteiger partial charge in [0, 0.05) is 24.1 Å². The number of aromatic nitrogens is 1. The molecule has 0 radical (unpaired) electrons. The van der Waals surface area contributed by atoms with E-state index in [1.54, 1.807) is 0 Å². The van der Waals surface area contributed by atoms with Crippen LogP contribution in [-0.4, -0.2) is 11.2 Å². The molecule has 15 heavy (non-hydrogen) atoms. The lowest BCUT2D eigenvalue weighted by molar-refractivity contribution is 0.352. The van der Waals surface area contributed by atoms with Gasteiger partial charge in [0.1, 0.15) is 11.5 Å². The molecule has 2 aliphatic rings. The lowest BCUT2D eigenvalue weighted by atomic mass is 10.1. The monoisotopic (exact) mass is 206 g/mol. The molecule has 2 aliphatic carbocycles. The molecule has 82 valence electrons. The molecule has 0 spiro atoms. The fourth-order valence-corrected chi connectivity index (χ4v) is 2.45. The Morgan fingerprint density at radius 1 is 1.40 bits per heavy atom. The minimum absolute atomic E-state index is 0.627. The summed E-state index contributed by atoms with van der Waals surface area (Å²) in [5, 5.41) is 7.70. The second-order valence-corrected chi connectivity index (χ2v) is 4.77. The third-order valence-corrected chi connectivity index (χ3v) is 3.64. The second-order valence-electron chi connectivity index (χ2n) is 4.77. The van der Waals surface area contributed by atoms with Gasteiger partial charge in [-0.15, -0.1) is 0 Å². The van der Waals surface area contributed by atoms with Crippen LogP contribution < -0.4 is 5.32 Å². The van der Waals surface area contributed by atoms with Crippen LogP contribution in [0.2, 0.25) is 0 Å². The molecule has 0 bridgehead atoms. The highest BCUT2D eigenvalue weighted by molar-refractivity contribution is 5.30. The van der Waals surface area contributed by atoms with Gasteiger partial charge < -0.3 is 9.84 Å². The van der Waals surface area contributed by atoms with E-state index in [0.29, 0.717) is 5.92 Å². The molecule has 1 fully saturated rings. The summed E-state index contributed by atoms with van der Waals surface area (Å²) in [4.78, 5) is 0. The van der Waals surface area contributed by atoms with Gasteiger partial charge in [-0.3, -0.25) is 0 Å². The van der Waals surface area contributed by atoms with Crippen LogP contribution in [0.3, 0.4) is 0 Å². The van der Waals surface area contributed by atoms with Gasteiger partial charge in [0.25, 0.3) is 0 Å². The van der Waals surface area contributed by atoms with Crippen molar-refractivity contribution in [1.29, 1.82) is 0 Å². The van der Waals surface area contributed by atoms with E-state index >= 15 is 0 Å². The number of hydrogen-bond acceptors (Lipinski definition) is 3. The highest BCUT2D eigenvalue weighted by Gasteiger charge is 2.29. The molecule has 3 heteroatoms. The number of rotatable bonds is 4. The molecule has 3 rings (SSSR count). The molecule has 1 aromatic heterocycles. The van der Waals surface area contributed by atoms with Gasteiger partial charge in [0.05, 0.1) is 0 Å². The fraction of sp³-hybridized carbons (Fsp3) is 0.750. The average Bonchev–Trinajstić information content (AvgIpc) is 2.86. The van der Waals surface area contributed by atoms with Crippen LogP contribution in [-0.2, 0) is 13.0 Å². The van der Waals surface area contributed by atoms with Gasteiger partial charge in [0.2, 0.25) is 0 Å². The topological polar surface area (TPSA) is 38.1 Å². The number of fused-ring (bicyclic) bond motifs is 1. The predicted molar refractivity (Wildman–Crippen MR) is 57.7 cm³/mol. The van der Waals surface area contributed by atoms with Gasteiger partial charge in [-0.25, -0.2) is 0 Å². The third-order valence-electron chi connectivity index (χ3n) is 3.64. The summed E-state index contributed by atoms with van der Waals surface area (Å²) in [6.07, 6.45) is 6.26. The molecule has 1 aromatic rings. The van der Waals surface area contributed by atoms with E-state index in [1.165, 1.54) is 43.4 Å². The first-order valence-corrected chi connectivity index (χ1v) is 6.09. The minimum Gasteiger partial charge on any atom is -0.361 e. The first-order valence-electron chi connectivity index (χ1n) is 6.09. The van der Waals surface area contributed by atoms with Crippen molar-refractivity contribution in [1.82, 2.24) is 10.5 Å². The third kappa shape index (κ3) is 1.69. The predicted octanol–water partition coefficient (Wildman–Crippen LogP) is 2.37. The van der Waals surface area contributed by atoms with Crippen LogP contribution in [0, 0.1) is 0 Å². The molecule has 1 atom stereocenters. The van der Waals surface area contributed by atoms with Crippen LogP contribution in [0.4, 0.5) is 0 Å². The van der Waals surface area contributed by atoms with Crippen LogP contribution in [0.1, 0.15) is 55.5 Å². The SMILES string of the molecule is CCC1CCc2c(CNC3CC3)noc21. The van der Waals surface area contributed by atoms with E-state index in [1.807, 2.05) is 0 Å². The molecular weight excluding hydrogens is 188 g/mol. The Morgan fingerprint density at radius 3 is 3.00 bits per heavy atom. The van der Waals surface area contributed by atoms with Gasteiger partial charge in [-0.2, -0.15) is 0 Å². The van der Waals surface area contributed by atoms with Crippen molar-refractivity contribution < 1.29 is 4.52 Å². The zero-order chi connectivity index (χ0) is 10.3. The molecule has 0 aliphatic heterocycles. The maximum atomic E-state index is 5.47. The quantitative estimate of drug-likeness (QED) is 0.821. The Balaban J connectivity index is 1.73. The first-order chi connectivity index (χ1) is 7.38. The maximum Gasteiger partial charge on any atom is 0.143 e. The molecule has 3 nitrogen and oxygen atoms in total. The standard InChI is InChI=1S/C12H18N2O/c1-2-8-3-6-10-11(14-15-12(8)10)7-13-9-4-5-9/h8-9,13H,2-7H2,1H3. The molecule has 1 saturated carbocycles. The zero-order valence-corrected chi connectivity index (χ0v) is 9.25. The largest absolute Gasteiger partial charge is 0.361 e. The van der Waals surface area contributed by atoms with E-state index in [9.17, 15) is 0 Å². The van der Waals surface area contributed by atoms with Crippen LogP contribution >= 0.6 is 0 Å². The zero-order valence-electron chi connectivity index (χ0n) is 9.25. The average molecular weight is 206 g/mol. The Bertz CT molecular complexity index is 355. The smallest absolute Gasteiger partial charge is 0.143 e. The Kier molecular flexibility index (Phi) is 2.28. The highest BCUT2D eigenvalue weighted by Crippen LogP contribution is 2.37. The van der Waals surface area contributed by atoms with Gasteiger partial charge in [-0.1, -0.05) is 12.1 Å². The normalized spacial score (nSPS) is 24.5. The molecule has 0 aromatic carbocycles. The Morgan fingerprint density at radius 2 is 2.27 bits per heavy atom. The summed E-state index contributed by atoms with van der Waals surface area (Å²) in [6, 6.07) is 0.751. The molecule has 0 saturated heterocycles. The maximum absolute atomic E-state index is 5.47. The molecule has 0 amide bonds. The van der Waals surface area contributed by atoms with Crippen molar-refractivity contribution in [2.45, 2.75) is 57.5 Å². The van der Waals surface area contributed by atoms with E-state index < -0.39 is 0 Å².